The standard InChI is InChI=1S/C16H18N2O4/c1-10(16(20)17-11-6-7-11)21-15(19)9-8-14-18-12-4-2-3-5-13(12)22-14/h2-5,10-11H,6-9H2,1H3,(H,17,20)/t10-/m0/s1. The van der Waals surface area contributed by atoms with Gasteiger partial charge in [-0.05, 0) is 31.9 Å². The van der Waals surface area contributed by atoms with Crippen LogP contribution < -0.4 is 5.32 Å². The Bertz CT molecular complexity index is 657. The molecule has 6 nitrogen and oxygen atoms in total. The van der Waals surface area contributed by atoms with Gasteiger partial charge in [-0.1, -0.05) is 12.1 Å². The summed E-state index contributed by atoms with van der Waals surface area (Å²) in [5.74, 6) is -0.174. The van der Waals surface area contributed by atoms with E-state index in [2.05, 4.69) is 10.3 Å². The lowest BCUT2D eigenvalue weighted by molar-refractivity contribution is -0.154. The Hall–Kier alpha value is -2.37. The van der Waals surface area contributed by atoms with Crippen molar-refractivity contribution in [2.75, 3.05) is 0 Å². The van der Waals surface area contributed by atoms with Gasteiger partial charge in [-0.3, -0.25) is 9.59 Å². The first kappa shape index (κ1) is 14.6. The second kappa shape index (κ2) is 6.17. The van der Waals surface area contributed by atoms with E-state index in [1.54, 1.807) is 6.92 Å². The van der Waals surface area contributed by atoms with E-state index >= 15 is 0 Å². The highest BCUT2D eigenvalue weighted by molar-refractivity contribution is 5.83. The van der Waals surface area contributed by atoms with Crippen LogP contribution in [0, 0.1) is 0 Å². The number of carbonyl (C=O) groups is 2. The predicted molar refractivity (Wildman–Crippen MR) is 79.0 cm³/mol. The lowest BCUT2D eigenvalue weighted by Crippen LogP contribution is -2.37. The Balaban J connectivity index is 1.47. The van der Waals surface area contributed by atoms with Crippen LogP contribution in [-0.4, -0.2) is 29.0 Å². The molecule has 1 aromatic heterocycles. The van der Waals surface area contributed by atoms with Gasteiger partial charge in [0.05, 0.1) is 6.42 Å². The molecule has 1 aromatic carbocycles. The van der Waals surface area contributed by atoms with E-state index in [-0.39, 0.29) is 18.4 Å². The molecule has 3 rings (SSSR count). The van der Waals surface area contributed by atoms with Gasteiger partial charge in [0, 0.05) is 12.5 Å². The molecule has 0 aliphatic heterocycles. The van der Waals surface area contributed by atoms with E-state index in [1.165, 1.54) is 0 Å². The number of para-hydroxylation sites is 2. The van der Waals surface area contributed by atoms with Crippen molar-refractivity contribution in [3.8, 4) is 0 Å². The number of carbonyl (C=O) groups excluding carboxylic acids is 2. The molecule has 6 heteroatoms. The van der Waals surface area contributed by atoms with Crippen LogP contribution in [-0.2, 0) is 20.7 Å². The summed E-state index contributed by atoms with van der Waals surface area (Å²) in [5, 5.41) is 2.80. The molecule has 0 saturated heterocycles. The van der Waals surface area contributed by atoms with Crippen molar-refractivity contribution in [2.24, 2.45) is 0 Å². The molecule has 116 valence electrons. The summed E-state index contributed by atoms with van der Waals surface area (Å²) in [4.78, 5) is 27.8. The maximum absolute atomic E-state index is 11.8. The van der Waals surface area contributed by atoms with E-state index in [9.17, 15) is 9.59 Å². The first-order valence-electron chi connectivity index (χ1n) is 7.46. The molecule has 1 amide bonds. The number of oxazole rings is 1. The highest BCUT2D eigenvalue weighted by Gasteiger charge is 2.27. The van der Waals surface area contributed by atoms with Crippen LogP contribution in [0.25, 0.3) is 11.1 Å². The molecule has 1 aliphatic rings. The number of nitrogens with zero attached hydrogens (tertiary/aromatic N) is 1. The number of benzene rings is 1. The summed E-state index contributed by atoms with van der Waals surface area (Å²) in [6.45, 7) is 1.58. The molecule has 0 unspecified atom stereocenters. The monoisotopic (exact) mass is 302 g/mol. The van der Waals surface area contributed by atoms with E-state index in [0.29, 0.717) is 17.9 Å². The van der Waals surface area contributed by atoms with E-state index in [1.807, 2.05) is 24.3 Å². The Morgan fingerprint density at radius 1 is 1.41 bits per heavy atom. The number of rotatable bonds is 6. The average molecular weight is 302 g/mol. The van der Waals surface area contributed by atoms with Crippen molar-refractivity contribution in [3.05, 3.63) is 30.2 Å². The second-order valence-corrected chi connectivity index (χ2v) is 5.49. The highest BCUT2D eigenvalue weighted by Crippen LogP contribution is 2.19. The zero-order valence-corrected chi connectivity index (χ0v) is 12.4. The van der Waals surface area contributed by atoms with E-state index in [0.717, 1.165) is 18.4 Å². The Kier molecular flexibility index (Phi) is 4.09. The lowest BCUT2D eigenvalue weighted by Gasteiger charge is -2.12. The molecule has 1 atom stereocenters. The van der Waals surface area contributed by atoms with Crippen molar-refractivity contribution in [3.63, 3.8) is 0 Å². The molecule has 0 radical (unpaired) electrons. The minimum absolute atomic E-state index is 0.133. The zero-order valence-electron chi connectivity index (χ0n) is 12.4. The fourth-order valence-electron chi connectivity index (χ4n) is 2.09. The van der Waals surface area contributed by atoms with E-state index in [4.69, 9.17) is 9.15 Å². The quantitative estimate of drug-likeness (QED) is 0.825. The largest absolute Gasteiger partial charge is 0.453 e. The number of nitrogens with one attached hydrogen (secondary N) is 1. The Morgan fingerprint density at radius 2 is 2.18 bits per heavy atom. The summed E-state index contributed by atoms with van der Waals surface area (Å²) >= 11 is 0. The lowest BCUT2D eigenvalue weighted by atomic mass is 10.3. The summed E-state index contributed by atoms with van der Waals surface area (Å²) in [6.07, 6.45) is 1.73. The van der Waals surface area contributed by atoms with Crippen LogP contribution in [0.3, 0.4) is 0 Å². The van der Waals surface area contributed by atoms with Crippen molar-refractivity contribution in [1.82, 2.24) is 10.3 Å². The van der Waals surface area contributed by atoms with Gasteiger partial charge >= 0.3 is 5.97 Å². The molecule has 1 N–H and O–H groups in total. The number of aryl methyl sites for hydroxylation is 1. The normalized spacial score (nSPS) is 15.5. The zero-order chi connectivity index (χ0) is 15.5. The van der Waals surface area contributed by atoms with Gasteiger partial charge in [0.2, 0.25) is 0 Å². The van der Waals surface area contributed by atoms with Crippen LogP contribution in [0.4, 0.5) is 0 Å². The first-order valence-corrected chi connectivity index (χ1v) is 7.46. The summed E-state index contributed by atoms with van der Waals surface area (Å²) in [6, 6.07) is 7.68. The van der Waals surface area contributed by atoms with Gasteiger partial charge in [0.1, 0.15) is 5.52 Å². The molecule has 1 saturated carbocycles. The highest BCUT2D eigenvalue weighted by atomic mass is 16.5. The number of hydrogen-bond donors (Lipinski definition) is 1. The molecule has 22 heavy (non-hydrogen) atoms. The third-order valence-corrected chi connectivity index (χ3v) is 3.48. The Labute approximate surface area is 127 Å². The summed E-state index contributed by atoms with van der Waals surface area (Å²) in [5.41, 5.74) is 1.46. The molecule has 1 aliphatic carbocycles. The predicted octanol–water partition coefficient (Wildman–Crippen LogP) is 1.97. The van der Waals surface area contributed by atoms with Gasteiger partial charge in [-0.2, -0.15) is 0 Å². The number of amides is 1. The van der Waals surface area contributed by atoms with Crippen molar-refractivity contribution < 1.29 is 18.7 Å². The smallest absolute Gasteiger partial charge is 0.307 e. The molecule has 0 bridgehead atoms. The van der Waals surface area contributed by atoms with Gasteiger partial charge < -0.3 is 14.5 Å². The van der Waals surface area contributed by atoms with E-state index < -0.39 is 12.1 Å². The SMILES string of the molecule is C[C@H](OC(=O)CCc1nc2ccccc2o1)C(=O)NC1CC1. The topological polar surface area (TPSA) is 81.4 Å². The molecule has 1 heterocycles. The van der Waals surface area contributed by atoms with Crippen molar-refractivity contribution >= 4 is 23.0 Å². The van der Waals surface area contributed by atoms with Gasteiger partial charge in [0.15, 0.2) is 17.6 Å². The number of hydrogen-bond acceptors (Lipinski definition) is 5. The van der Waals surface area contributed by atoms with Gasteiger partial charge in [-0.25, -0.2) is 4.98 Å². The van der Waals surface area contributed by atoms with Crippen LogP contribution in [0.1, 0.15) is 32.1 Å². The first-order chi connectivity index (χ1) is 10.6. The third kappa shape index (κ3) is 3.63. The van der Waals surface area contributed by atoms with Gasteiger partial charge in [-0.15, -0.1) is 0 Å². The maximum atomic E-state index is 11.8. The number of ether oxygens (including phenoxy) is 1. The number of esters is 1. The number of aromatic nitrogens is 1. The van der Waals surface area contributed by atoms with Crippen LogP contribution >= 0.6 is 0 Å². The molecule has 0 spiro atoms. The molecule has 2 aromatic rings. The van der Waals surface area contributed by atoms with Crippen LogP contribution in [0.2, 0.25) is 0 Å². The maximum Gasteiger partial charge on any atom is 0.307 e. The van der Waals surface area contributed by atoms with Crippen molar-refractivity contribution in [1.29, 1.82) is 0 Å². The minimum Gasteiger partial charge on any atom is -0.453 e. The fraction of sp³-hybridized carbons (Fsp3) is 0.438. The minimum atomic E-state index is -0.767. The van der Waals surface area contributed by atoms with Crippen molar-refractivity contribution in [2.45, 2.75) is 44.8 Å². The Morgan fingerprint density at radius 3 is 2.91 bits per heavy atom. The fourth-order valence-corrected chi connectivity index (χ4v) is 2.09. The number of fused-ring (bicyclic) bond motifs is 1. The second-order valence-electron chi connectivity index (χ2n) is 5.49. The average Bonchev–Trinajstić information content (AvgIpc) is 3.21. The molecule has 1 fully saturated rings. The van der Waals surface area contributed by atoms with Gasteiger partial charge in [0.25, 0.3) is 5.91 Å². The third-order valence-electron chi connectivity index (χ3n) is 3.48. The van der Waals surface area contributed by atoms with Crippen LogP contribution in [0.15, 0.2) is 28.7 Å². The molecular weight excluding hydrogens is 284 g/mol. The molecular formula is C16H18N2O4. The van der Waals surface area contributed by atoms with Crippen LogP contribution in [0.5, 0.6) is 0 Å². The summed E-state index contributed by atoms with van der Waals surface area (Å²) < 4.78 is 10.6. The summed E-state index contributed by atoms with van der Waals surface area (Å²) in [7, 11) is 0.